The molecule has 0 spiro atoms. The molecule has 3 rings (SSSR count). The van der Waals surface area contributed by atoms with Crippen molar-refractivity contribution in [3.63, 3.8) is 0 Å². The molecule has 1 aromatic rings. The summed E-state index contributed by atoms with van der Waals surface area (Å²) in [6.45, 7) is 0. The van der Waals surface area contributed by atoms with Crippen LogP contribution in [0.25, 0.3) is 5.57 Å². The van der Waals surface area contributed by atoms with Gasteiger partial charge in [-0.3, -0.25) is 0 Å². The van der Waals surface area contributed by atoms with Crippen molar-refractivity contribution in [1.29, 1.82) is 0 Å². The van der Waals surface area contributed by atoms with E-state index in [4.69, 9.17) is 12.6 Å². The van der Waals surface area contributed by atoms with E-state index in [1.165, 1.54) is 22.3 Å². The Morgan fingerprint density at radius 3 is 3.14 bits per heavy atom. The quantitative estimate of drug-likeness (QED) is 0.599. The molecule has 0 fully saturated rings. The van der Waals surface area contributed by atoms with Crippen LogP contribution in [0.4, 0.5) is 0 Å². The molecule has 0 bridgehead atoms. The number of hydrogen-bond acceptors (Lipinski definition) is 3. The van der Waals surface area contributed by atoms with E-state index in [0.717, 1.165) is 18.6 Å². The van der Waals surface area contributed by atoms with E-state index in [2.05, 4.69) is 30.1 Å². The van der Waals surface area contributed by atoms with Crippen LogP contribution in [0.5, 0.6) is 5.75 Å². The van der Waals surface area contributed by atoms with E-state index in [0.29, 0.717) is 17.5 Å². The fraction of sp³-hybridized carbons (Fsp3) is 0.267. The second kappa shape index (κ2) is 7.46. The Kier molecular flexibility index (Phi) is 5.62. The van der Waals surface area contributed by atoms with Crippen LogP contribution in [0.15, 0.2) is 35.9 Å². The van der Waals surface area contributed by atoms with Gasteiger partial charge in [0.25, 0.3) is 0 Å². The van der Waals surface area contributed by atoms with Gasteiger partial charge in [0.1, 0.15) is 0 Å². The van der Waals surface area contributed by atoms with Gasteiger partial charge >= 0.3 is 146 Å². The molecule has 0 aliphatic heterocycles. The van der Waals surface area contributed by atoms with Crippen LogP contribution in [0, 0.1) is 0 Å². The second-order valence-electron chi connectivity index (χ2n) is 4.92. The first-order valence-electron chi connectivity index (χ1n) is 6.96. The van der Waals surface area contributed by atoms with Gasteiger partial charge in [-0.1, -0.05) is 0 Å². The van der Waals surface area contributed by atoms with Gasteiger partial charge in [0.15, 0.2) is 0 Å². The molecule has 1 aromatic carbocycles. The molecule has 0 saturated carbocycles. The first-order chi connectivity index (χ1) is 10.3. The van der Waals surface area contributed by atoms with Crippen molar-refractivity contribution in [2.45, 2.75) is 24.7 Å². The molecule has 0 saturated heterocycles. The van der Waals surface area contributed by atoms with Crippen LogP contribution in [0.2, 0.25) is 5.79 Å². The van der Waals surface area contributed by atoms with Gasteiger partial charge < -0.3 is 0 Å². The fourth-order valence-corrected chi connectivity index (χ4v) is 5.72. The SMILES string of the molecule is [CH3][Al]=[I]OC1C=C2Cc3cc([O][Al]=[CH]N)ccc3C2=CC1. The summed E-state index contributed by atoms with van der Waals surface area (Å²) in [7, 11) is 0. The molecule has 0 amide bonds. The monoisotopic (exact) mass is 423 g/mol. The molecule has 6 heteroatoms. The minimum atomic E-state index is -0.256. The van der Waals surface area contributed by atoms with Crippen LogP contribution in [0.3, 0.4) is 0 Å². The van der Waals surface area contributed by atoms with E-state index < -0.39 is 0 Å². The van der Waals surface area contributed by atoms with Crippen molar-refractivity contribution < 1.29 is 6.85 Å². The Hall–Kier alpha value is -0.0751. The van der Waals surface area contributed by atoms with Crippen LogP contribution >= 0.6 is 18.7 Å². The van der Waals surface area contributed by atoms with Crippen molar-refractivity contribution in [3.05, 3.63) is 47.1 Å². The fourth-order valence-electron chi connectivity index (χ4n) is 2.74. The number of halogens is 1. The van der Waals surface area contributed by atoms with Crippen LogP contribution in [-0.2, 0) is 9.49 Å². The van der Waals surface area contributed by atoms with Crippen LogP contribution in [0.1, 0.15) is 17.5 Å². The Balaban J connectivity index is 1.83. The number of allylic oxidation sites excluding steroid dienone is 2. The third kappa shape index (κ3) is 3.64. The summed E-state index contributed by atoms with van der Waals surface area (Å²) in [6.07, 6.45) is 7.01. The molecule has 0 heterocycles. The Labute approximate surface area is 145 Å². The number of nitrogens with two attached hydrogens (primary N) is 1. The summed E-state index contributed by atoms with van der Waals surface area (Å²) in [5, 5.41) is 1.61. The van der Waals surface area contributed by atoms with Crippen LogP contribution in [-0.4, -0.2) is 37.6 Å². The number of rotatable bonds is 4. The Morgan fingerprint density at radius 1 is 1.43 bits per heavy atom. The third-order valence-corrected chi connectivity index (χ3v) is 7.48. The standard InChI is InChI=1S/C13H11IO2.CH3N.CH3.2Al/c14-16-11-2-4-13-9(7-11)5-8-6-10(15)1-3-12(8)13;1-2;;;/h1,3-4,6-7,11,15H,2,5H2;1H,2H2;1H3;;/q;;;;+1/p-1. The van der Waals surface area contributed by atoms with Crippen molar-refractivity contribution >= 4 is 55.8 Å². The molecule has 2 aliphatic rings. The second-order valence-corrected chi connectivity index (χ2v) is 12.2. The van der Waals surface area contributed by atoms with E-state index in [-0.39, 0.29) is 33.8 Å². The predicted octanol–water partition coefficient (Wildman–Crippen LogP) is 2.61. The van der Waals surface area contributed by atoms with Gasteiger partial charge in [-0.15, -0.1) is 0 Å². The number of hydrogen-bond donors (Lipinski definition) is 1. The van der Waals surface area contributed by atoms with Crippen LogP contribution < -0.4 is 9.52 Å². The predicted molar refractivity (Wildman–Crippen MR) is 98.0 cm³/mol. The van der Waals surface area contributed by atoms with E-state index >= 15 is 0 Å². The number of fused-ring (bicyclic) bond motifs is 3. The molecular weight excluding hydrogens is 407 g/mol. The van der Waals surface area contributed by atoms with Gasteiger partial charge in [-0.25, -0.2) is 0 Å². The molecule has 1 unspecified atom stereocenters. The van der Waals surface area contributed by atoms with Crippen molar-refractivity contribution in [2.75, 3.05) is 0 Å². The third-order valence-electron chi connectivity index (χ3n) is 3.57. The zero-order chi connectivity index (χ0) is 14.7. The average molecular weight is 423 g/mol. The normalized spacial score (nSPS) is 20.0. The van der Waals surface area contributed by atoms with Gasteiger partial charge in [0, 0.05) is 0 Å². The summed E-state index contributed by atoms with van der Waals surface area (Å²) in [4.78, 5) is 0. The van der Waals surface area contributed by atoms with Gasteiger partial charge in [0.05, 0.1) is 0 Å². The first kappa shape index (κ1) is 15.8. The summed E-state index contributed by atoms with van der Waals surface area (Å²) < 4.78 is 11.7. The maximum atomic E-state index is 6.00. The van der Waals surface area contributed by atoms with E-state index in [1.54, 1.807) is 5.01 Å². The molecule has 0 aromatic heterocycles. The summed E-state index contributed by atoms with van der Waals surface area (Å²) in [6, 6.07) is 6.38. The number of benzene rings is 1. The molecule has 1 atom stereocenters. The zero-order valence-electron chi connectivity index (χ0n) is 11.9. The van der Waals surface area contributed by atoms with Gasteiger partial charge in [-0.2, -0.15) is 0 Å². The molecular formula is C15H16Al2INO2. The van der Waals surface area contributed by atoms with Crippen molar-refractivity contribution in [2.24, 2.45) is 5.73 Å². The van der Waals surface area contributed by atoms with E-state index in [9.17, 15) is 0 Å². The maximum absolute atomic E-state index is 6.00. The molecule has 106 valence electrons. The van der Waals surface area contributed by atoms with Crippen molar-refractivity contribution in [3.8, 4) is 5.75 Å². The zero-order valence-corrected chi connectivity index (χ0v) is 16.3. The minimum absolute atomic E-state index is 0.0111. The molecule has 2 N–H and O–H groups in total. The molecule has 3 nitrogen and oxygen atoms in total. The summed E-state index contributed by atoms with van der Waals surface area (Å²) >= 11 is 0.259. The Bertz CT molecular complexity index is 668. The first-order valence-corrected chi connectivity index (χ1v) is 14.3. The summed E-state index contributed by atoms with van der Waals surface area (Å²) in [5.74, 6) is 3.21. The van der Waals surface area contributed by atoms with E-state index in [1.807, 2.05) is 6.07 Å². The Morgan fingerprint density at radius 2 is 2.33 bits per heavy atom. The molecule has 2 aliphatic carbocycles. The summed E-state index contributed by atoms with van der Waals surface area (Å²) in [5.41, 5.74) is 10.9. The topological polar surface area (TPSA) is 44.5 Å². The average Bonchev–Trinajstić information content (AvgIpc) is 2.87. The molecule has 0 radical (unpaired) electrons. The van der Waals surface area contributed by atoms with Gasteiger partial charge in [-0.05, 0) is 0 Å². The van der Waals surface area contributed by atoms with Gasteiger partial charge in [0.2, 0.25) is 0 Å². The molecule has 21 heavy (non-hydrogen) atoms. The van der Waals surface area contributed by atoms with Crippen molar-refractivity contribution in [1.82, 2.24) is 0 Å².